The van der Waals surface area contributed by atoms with Crippen molar-refractivity contribution in [3.8, 4) is 5.75 Å². The molecule has 1 saturated carbocycles. The van der Waals surface area contributed by atoms with E-state index in [1.165, 1.54) is 13.2 Å². The summed E-state index contributed by atoms with van der Waals surface area (Å²) in [5.74, 6) is -0.00469. The Bertz CT molecular complexity index is 561. The fourth-order valence-corrected chi connectivity index (χ4v) is 2.75. The lowest BCUT2D eigenvalue weighted by molar-refractivity contribution is -0.385. The number of hydrogen-bond donors (Lipinski definition) is 1. The molecule has 1 aromatic carbocycles. The van der Waals surface area contributed by atoms with Gasteiger partial charge in [-0.15, -0.1) is 0 Å². The van der Waals surface area contributed by atoms with E-state index in [9.17, 15) is 14.9 Å². The Morgan fingerprint density at radius 1 is 1.45 bits per heavy atom. The normalized spacial score (nSPS) is 20.5. The number of hydrogen-bond acceptors (Lipinski definition) is 6. The van der Waals surface area contributed by atoms with Crippen LogP contribution in [0.4, 0.5) is 11.4 Å². The molecule has 120 valence electrons. The first kappa shape index (κ1) is 16.1. The van der Waals surface area contributed by atoms with Gasteiger partial charge in [0, 0.05) is 23.9 Å². The van der Waals surface area contributed by atoms with Crippen molar-refractivity contribution in [2.24, 2.45) is 5.92 Å². The van der Waals surface area contributed by atoms with Crippen molar-refractivity contribution in [2.75, 3.05) is 19.0 Å². The maximum Gasteiger partial charge on any atom is 0.311 e. The molecule has 0 amide bonds. The molecule has 0 unspecified atom stereocenters. The molecule has 0 radical (unpaired) electrons. The van der Waals surface area contributed by atoms with Gasteiger partial charge in [-0.2, -0.15) is 0 Å². The number of carbonyl (C=O) groups is 1. The van der Waals surface area contributed by atoms with Crippen LogP contribution in [0.5, 0.6) is 5.75 Å². The van der Waals surface area contributed by atoms with Crippen molar-refractivity contribution in [2.45, 2.75) is 32.2 Å². The monoisotopic (exact) mass is 308 g/mol. The standard InChI is InChI=1S/C15H20N2O5/c1-3-22-14-9-12(6-7-13(14)17(19)20)16-11-5-4-10(8-11)15(18)21-2/h6-7,9-11,16H,3-5,8H2,1-2H3/t10-,11+/m0/s1. The Balaban J connectivity index is 2.06. The first-order valence-corrected chi connectivity index (χ1v) is 7.30. The second-order valence-electron chi connectivity index (χ2n) is 5.25. The van der Waals surface area contributed by atoms with Crippen LogP contribution >= 0.6 is 0 Å². The van der Waals surface area contributed by atoms with E-state index in [0.29, 0.717) is 13.0 Å². The van der Waals surface area contributed by atoms with Crippen LogP contribution in [0.25, 0.3) is 0 Å². The van der Waals surface area contributed by atoms with Gasteiger partial charge in [0.1, 0.15) is 0 Å². The number of methoxy groups -OCH3 is 1. The van der Waals surface area contributed by atoms with Gasteiger partial charge < -0.3 is 14.8 Å². The molecule has 1 aliphatic carbocycles. The third-order valence-electron chi connectivity index (χ3n) is 3.79. The highest BCUT2D eigenvalue weighted by atomic mass is 16.6. The maximum absolute atomic E-state index is 11.5. The summed E-state index contributed by atoms with van der Waals surface area (Å²) in [5.41, 5.74) is 0.704. The van der Waals surface area contributed by atoms with Gasteiger partial charge in [0.15, 0.2) is 5.75 Å². The Labute approximate surface area is 128 Å². The summed E-state index contributed by atoms with van der Waals surface area (Å²) in [7, 11) is 1.40. The minimum absolute atomic E-state index is 0.0498. The predicted molar refractivity (Wildman–Crippen MR) is 81.0 cm³/mol. The van der Waals surface area contributed by atoms with E-state index < -0.39 is 4.92 Å². The third-order valence-corrected chi connectivity index (χ3v) is 3.79. The first-order valence-electron chi connectivity index (χ1n) is 7.30. The van der Waals surface area contributed by atoms with Gasteiger partial charge in [0.2, 0.25) is 0 Å². The Kier molecular flexibility index (Phi) is 5.19. The van der Waals surface area contributed by atoms with E-state index >= 15 is 0 Å². The van der Waals surface area contributed by atoms with Gasteiger partial charge in [-0.3, -0.25) is 14.9 Å². The molecule has 0 saturated heterocycles. The lowest BCUT2D eigenvalue weighted by atomic mass is 10.1. The minimum atomic E-state index is -0.461. The van der Waals surface area contributed by atoms with Crippen LogP contribution in [0.1, 0.15) is 26.2 Å². The lowest BCUT2D eigenvalue weighted by Gasteiger charge is -2.15. The minimum Gasteiger partial charge on any atom is -0.487 e. The zero-order chi connectivity index (χ0) is 16.1. The Morgan fingerprint density at radius 2 is 2.23 bits per heavy atom. The third kappa shape index (κ3) is 3.66. The number of nitrogens with one attached hydrogen (secondary N) is 1. The van der Waals surface area contributed by atoms with E-state index in [1.807, 2.05) is 0 Å². The highest BCUT2D eigenvalue weighted by molar-refractivity contribution is 5.72. The molecule has 0 heterocycles. The number of rotatable bonds is 6. The quantitative estimate of drug-likeness (QED) is 0.493. The maximum atomic E-state index is 11.5. The number of anilines is 1. The fourth-order valence-electron chi connectivity index (χ4n) is 2.75. The van der Waals surface area contributed by atoms with Crippen LogP contribution in [-0.2, 0) is 9.53 Å². The average molecular weight is 308 g/mol. The molecule has 2 atom stereocenters. The van der Waals surface area contributed by atoms with Gasteiger partial charge in [0.05, 0.1) is 24.6 Å². The summed E-state index contributed by atoms with van der Waals surface area (Å²) in [6.07, 6.45) is 2.35. The summed E-state index contributed by atoms with van der Waals surface area (Å²) in [5, 5.41) is 14.3. The molecule has 0 spiro atoms. The summed E-state index contributed by atoms with van der Waals surface area (Å²) >= 11 is 0. The summed E-state index contributed by atoms with van der Waals surface area (Å²) in [6.45, 7) is 2.14. The molecular weight excluding hydrogens is 288 g/mol. The predicted octanol–water partition coefficient (Wildman–Crippen LogP) is 2.75. The first-order chi connectivity index (χ1) is 10.5. The molecule has 1 aromatic rings. The SMILES string of the molecule is CCOc1cc(N[C@@H]2CC[C@H](C(=O)OC)C2)ccc1[N+](=O)[O-]. The van der Waals surface area contributed by atoms with Crippen LogP contribution in [0, 0.1) is 16.0 Å². The number of nitrogens with zero attached hydrogens (tertiary/aromatic N) is 1. The highest BCUT2D eigenvalue weighted by Gasteiger charge is 2.30. The average Bonchev–Trinajstić information content (AvgIpc) is 2.95. The molecule has 0 aromatic heterocycles. The van der Waals surface area contributed by atoms with E-state index in [4.69, 9.17) is 9.47 Å². The number of nitro benzene ring substituents is 1. The second-order valence-corrected chi connectivity index (χ2v) is 5.25. The molecule has 7 heteroatoms. The Morgan fingerprint density at radius 3 is 2.86 bits per heavy atom. The van der Waals surface area contributed by atoms with Crippen LogP contribution in [0.2, 0.25) is 0 Å². The van der Waals surface area contributed by atoms with Gasteiger partial charge in [-0.05, 0) is 32.3 Å². The van der Waals surface area contributed by atoms with Gasteiger partial charge in [0.25, 0.3) is 0 Å². The van der Waals surface area contributed by atoms with Crippen molar-refractivity contribution >= 4 is 17.3 Å². The van der Waals surface area contributed by atoms with Crippen molar-refractivity contribution in [3.05, 3.63) is 28.3 Å². The van der Waals surface area contributed by atoms with Crippen LogP contribution < -0.4 is 10.1 Å². The van der Waals surface area contributed by atoms with E-state index in [0.717, 1.165) is 18.5 Å². The molecule has 2 rings (SSSR count). The number of carbonyl (C=O) groups excluding carboxylic acids is 1. The van der Waals surface area contributed by atoms with E-state index in [1.54, 1.807) is 19.1 Å². The van der Waals surface area contributed by atoms with Gasteiger partial charge in [-0.1, -0.05) is 0 Å². The van der Waals surface area contributed by atoms with Crippen LogP contribution in [0.3, 0.4) is 0 Å². The van der Waals surface area contributed by atoms with Crippen LogP contribution in [-0.4, -0.2) is 30.7 Å². The van der Waals surface area contributed by atoms with Crippen molar-refractivity contribution in [3.63, 3.8) is 0 Å². The molecular formula is C15H20N2O5. The molecule has 1 N–H and O–H groups in total. The van der Waals surface area contributed by atoms with E-state index in [2.05, 4.69) is 5.32 Å². The Hall–Kier alpha value is -2.31. The molecule has 1 fully saturated rings. The second kappa shape index (κ2) is 7.11. The summed E-state index contributed by atoms with van der Waals surface area (Å²) < 4.78 is 10.1. The number of esters is 1. The molecule has 1 aliphatic rings. The number of benzene rings is 1. The summed E-state index contributed by atoms with van der Waals surface area (Å²) in [6, 6.07) is 4.87. The molecule has 22 heavy (non-hydrogen) atoms. The molecule has 0 aliphatic heterocycles. The zero-order valence-electron chi connectivity index (χ0n) is 12.7. The van der Waals surface area contributed by atoms with Crippen molar-refractivity contribution in [1.82, 2.24) is 0 Å². The van der Waals surface area contributed by atoms with Crippen molar-refractivity contribution < 1.29 is 19.2 Å². The lowest BCUT2D eigenvalue weighted by Crippen LogP contribution is -2.18. The smallest absolute Gasteiger partial charge is 0.311 e. The number of nitro groups is 1. The molecule has 7 nitrogen and oxygen atoms in total. The zero-order valence-corrected chi connectivity index (χ0v) is 12.7. The highest BCUT2D eigenvalue weighted by Crippen LogP contribution is 2.33. The largest absolute Gasteiger partial charge is 0.487 e. The molecule has 0 bridgehead atoms. The van der Waals surface area contributed by atoms with Gasteiger partial charge >= 0.3 is 11.7 Å². The number of ether oxygens (including phenoxy) is 2. The fraction of sp³-hybridized carbons (Fsp3) is 0.533. The van der Waals surface area contributed by atoms with Crippen molar-refractivity contribution in [1.29, 1.82) is 0 Å². The van der Waals surface area contributed by atoms with Gasteiger partial charge in [-0.25, -0.2) is 0 Å². The topological polar surface area (TPSA) is 90.7 Å². The summed E-state index contributed by atoms with van der Waals surface area (Å²) in [4.78, 5) is 22.0. The van der Waals surface area contributed by atoms with Crippen LogP contribution in [0.15, 0.2) is 18.2 Å². The van der Waals surface area contributed by atoms with E-state index in [-0.39, 0.29) is 29.4 Å².